The summed E-state index contributed by atoms with van der Waals surface area (Å²) >= 11 is 0. The van der Waals surface area contributed by atoms with Crippen molar-refractivity contribution in [1.29, 1.82) is 0 Å². The zero-order valence-corrected chi connectivity index (χ0v) is 15.8. The molecular weight excluding hydrogens is 288 g/mol. The summed E-state index contributed by atoms with van der Waals surface area (Å²) in [4.78, 5) is 0. The van der Waals surface area contributed by atoms with Gasteiger partial charge in [-0.25, -0.2) is 0 Å². The highest BCUT2D eigenvalue weighted by Crippen LogP contribution is 2.43. The molecule has 0 saturated heterocycles. The van der Waals surface area contributed by atoms with Crippen LogP contribution < -0.4 is 0 Å². The van der Waals surface area contributed by atoms with Gasteiger partial charge in [-0.15, -0.1) is 0 Å². The predicted molar refractivity (Wildman–Crippen MR) is 105 cm³/mol. The van der Waals surface area contributed by atoms with Gasteiger partial charge in [0.15, 0.2) is 0 Å². The zero-order valence-electron chi connectivity index (χ0n) is 15.8. The zero-order chi connectivity index (χ0) is 16.8. The Morgan fingerprint density at radius 3 is 2.21 bits per heavy atom. The molecule has 0 heterocycles. The third kappa shape index (κ3) is 4.52. The van der Waals surface area contributed by atoms with E-state index in [0.29, 0.717) is 0 Å². The summed E-state index contributed by atoms with van der Waals surface area (Å²) in [5, 5.41) is 0. The van der Waals surface area contributed by atoms with Crippen LogP contribution in [0.15, 0.2) is 36.4 Å². The Hall–Kier alpha value is -1.04. The summed E-state index contributed by atoms with van der Waals surface area (Å²) in [6.07, 6.45) is 18.6. The Morgan fingerprint density at radius 1 is 0.875 bits per heavy atom. The van der Waals surface area contributed by atoms with Gasteiger partial charge in [-0.2, -0.15) is 0 Å². The second-order valence-corrected chi connectivity index (χ2v) is 8.28. The third-order valence-electron chi connectivity index (χ3n) is 6.82. The van der Waals surface area contributed by atoms with Crippen molar-refractivity contribution in [3.8, 4) is 0 Å². The molecule has 1 fully saturated rings. The summed E-state index contributed by atoms with van der Waals surface area (Å²) < 4.78 is 0. The maximum Gasteiger partial charge on any atom is -0.0131 e. The largest absolute Gasteiger partial charge is 0.0885 e. The average molecular weight is 325 g/mol. The van der Waals surface area contributed by atoms with Crippen LogP contribution in [0.25, 0.3) is 0 Å². The molecule has 0 radical (unpaired) electrons. The summed E-state index contributed by atoms with van der Waals surface area (Å²) in [7, 11) is 0. The molecule has 0 N–H and O–H groups in total. The third-order valence-corrected chi connectivity index (χ3v) is 6.82. The molecule has 0 aromatic heterocycles. The second kappa shape index (κ2) is 8.88. The predicted octanol–water partition coefficient (Wildman–Crippen LogP) is 7.30. The van der Waals surface area contributed by atoms with E-state index in [4.69, 9.17) is 0 Å². The Balaban J connectivity index is 1.73. The fraction of sp³-hybridized carbons (Fsp3) is 0.667. The van der Waals surface area contributed by atoms with Crippen LogP contribution in [0.3, 0.4) is 0 Å². The Kier molecular flexibility index (Phi) is 6.58. The molecule has 0 amide bonds. The lowest BCUT2D eigenvalue weighted by Crippen LogP contribution is -2.23. The van der Waals surface area contributed by atoms with Crippen molar-refractivity contribution in [3.63, 3.8) is 0 Å². The van der Waals surface area contributed by atoms with Gasteiger partial charge < -0.3 is 0 Å². The van der Waals surface area contributed by atoms with Gasteiger partial charge in [0, 0.05) is 0 Å². The summed E-state index contributed by atoms with van der Waals surface area (Å²) in [6, 6.07) is 9.66. The van der Waals surface area contributed by atoms with Gasteiger partial charge in [0.25, 0.3) is 0 Å². The maximum absolute atomic E-state index is 2.45. The molecule has 0 bridgehead atoms. The quantitative estimate of drug-likeness (QED) is 0.482. The van der Waals surface area contributed by atoms with Crippen LogP contribution in [-0.2, 0) is 6.42 Å². The minimum Gasteiger partial charge on any atom is -0.0885 e. The average Bonchev–Trinajstić information content (AvgIpc) is 2.67. The number of hydrogen-bond acceptors (Lipinski definition) is 0. The van der Waals surface area contributed by atoms with Gasteiger partial charge in [0.05, 0.1) is 0 Å². The molecule has 2 aliphatic carbocycles. The molecule has 0 spiro atoms. The Morgan fingerprint density at radius 2 is 1.62 bits per heavy atom. The van der Waals surface area contributed by atoms with Gasteiger partial charge in [-0.1, -0.05) is 69.5 Å². The molecule has 3 rings (SSSR count). The van der Waals surface area contributed by atoms with E-state index in [-0.39, 0.29) is 0 Å². The van der Waals surface area contributed by atoms with Crippen molar-refractivity contribution in [2.45, 2.75) is 84.0 Å². The molecular formula is C24H36. The van der Waals surface area contributed by atoms with Gasteiger partial charge in [0.1, 0.15) is 0 Å². The molecule has 2 aliphatic rings. The first-order chi connectivity index (χ1) is 11.8. The van der Waals surface area contributed by atoms with Gasteiger partial charge in [-0.3, -0.25) is 0 Å². The van der Waals surface area contributed by atoms with Crippen molar-refractivity contribution < 1.29 is 0 Å². The number of aryl methyl sites for hydroxylation is 1. The van der Waals surface area contributed by atoms with Gasteiger partial charge >= 0.3 is 0 Å². The molecule has 24 heavy (non-hydrogen) atoms. The second-order valence-electron chi connectivity index (χ2n) is 8.28. The lowest BCUT2D eigenvalue weighted by molar-refractivity contribution is 0.215. The van der Waals surface area contributed by atoms with E-state index in [0.717, 1.165) is 30.1 Å². The maximum atomic E-state index is 2.45. The van der Waals surface area contributed by atoms with E-state index in [1.807, 2.05) is 0 Å². The Bertz CT molecular complexity index is 501. The highest BCUT2D eigenvalue weighted by atomic mass is 14.3. The van der Waals surface area contributed by atoms with E-state index in [9.17, 15) is 0 Å². The van der Waals surface area contributed by atoms with Crippen LogP contribution in [0.5, 0.6) is 0 Å². The van der Waals surface area contributed by atoms with Crippen LogP contribution in [0, 0.1) is 17.8 Å². The smallest absolute Gasteiger partial charge is 0.0131 e. The van der Waals surface area contributed by atoms with Crippen LogP contribution in [0.4, 0.5) is 0 Å². The van der Waals surface area contributed by atoms with E-state index < -0.39 is 0 Å². The van der Waals surface area contributed by atoms with Crippen LogP contribution >= 0.6 is 0 Å². The van der Waals surface area contributed by atoms with Crippen LogP contribution in [0.2, 0.25) is 0 Å². The molecule has 2 atom stereocenters. The van der Waals surface area contributed by atoms with E-state index in [2.05, 4.69) is 50.3 Å². The van der Waals surface area contributed by atoms with Crippen molar-refractivity contribution in [2.75, 3.05) is 0 Å². The minimum absolute atomic E-state index is 0.796. The fourth-order valence-electron chi connectivity index (χ4n) is 5.03. The van der Waals surface area contributed by atoms with Crippen LogP contribution in [-0.4, -0.2) is 0 Å². The molecule has 1 aromatic rings. The lowest BCUT2D eigenvalue weighted by atomic mass is 9.69. The van der Waals surface area contributed by atoms with Gasteiger partial charge in [-0.05, 0) is 79.7 Å². The van der Waals surface area contributed by atoms with Crippen molar-refractivity contribution >= 4 is 0 Å². The standard InChI is InChI=1S/C24H36/c1-3-19-10-14-22(15-11-19)24(18-21-8-6-5-7-9-21)23-16-12-20(4-2)13-17-23/h5-6,10-11,14-15,20-21,23-24H,3-4,7-9,12-13,16-18H2,1-2H3. The number of benzene rings is 1. The summed E-state index contributed by atoms with van der Waals surface area (Å²) in [6.45, 7) is 4.63. The first-order valence-corrected chi connectivity index (χ1v) is 10.5. The fourth-order valence-corrected chi connectivity index (χ4v) is 5.03. The highest BCUT2D eigenvalue weighted by molar-refractivity contribution is 5.26. The van der Waals surface area contributed by atoms with Gasteiger partial charge in [0.2, 0.25) is 0 Å². The number of rotatable bonds is 6. The highest BCUT2D eigenvalue weighted by Gasteiger charge is 2.30. The van der Waals surface area contributed by atoms with E-state index in [1.165, 1.54) is 63.4 Å². The summed E-state index contributed by atoms with van der Waals surface area (Å²) in [5.41, 5.74) is 3.11. The van der Waals surface area contributed by atoms with Crippen molar-refractivity contribution in [3.05, 3.63) is 47.5 Å². The topological polar surface area (TPSA) is 0 Å². The molecule has 132 valence electrons. The molecule has 1 saturated carbocycles. The normalized spacial score (nSPS) is 28.7. The van der Waals surface area contributed by atoms with Crippen LogP contribution in [0.1, 0.15) is 88.7 Å². The molecule has 0 aliphatic heterocycles. The Labute approximate surface area is 149 Å². The van der Waals surface area contributed by atoms with Crippen molar-refractivity contribution in [1.82, 2.24) is 0 Å². The molecule has 2 unspecified atom stereocenters. The summed E-state index contributed by atoms with van der Waals surface area (Å²) in [5.74, 6) is 3.63. The number of allylic oxidation sites excluding steroid dienone is 2. The molecule has 0 heteroatoms. The first-order valence-electron chi connectivity index (χ1n) is 10.5. The lowest BCUT2D eigenvalue weighted by Gasteiger charge is -2.36. The molecule has 0 nitrogen and oxygen atoms in total. The SMILES string of the molecule is CCc1ccc(C(CC2CC=CCC2)C2CCC(CC)CC2)cc1. The van der Waals surface area contributed by atoms with Crippen molar-refractivity contribution in [2.24, 2.45) is 17.8 Å². The van der Waals surface area contributed by atoms with E-state index >= 15 is 0 Å². The molecule has 1 aromatic carbocycles. The first kappa shape index (κ1) is 17.8. The number of hydrogen-bond donors (Lipinski definition) is 0. The minimum atomic E-state index is 0.796. The van der Waals surface area contributed by atoms with E-state index in [1.54, 1.807) is 5.56 Å². The monoisotopic (exact) mass is 324 g/mol.